The number of fused-ring (bicyclic) bond motifs is 3. The van der Waals surface area contributed by atoms with Crippen molar-refractivity contribution in [1.29, 1.82) is 0 Å². The zero-order chi connectivity index (χ0) is 20.2. The highest BCUT2D eigenvalue weighted by molar-refractivity contribution is 6.39. The summed E-state index contributed by atoms with van der Waals surface area (Å²) in [4.78, 5) is 24.9. The van der Waals surface area contributed by atoms with Crippen LogP contribution < -0.4 is 10.6 Å². The summed E-state index contributed by atoms with van der Waals surface area (Å²) in [6.45, 7) is 3.00. The number of anilines is 1. The minimum Gasteiger partial charge on any atom is -0.345 e. The molecular formula is C24H29N3O2. The molecular weight excluding hydrogens is 362 g/mol. The average molecular weight is 392 g/mol. The van der Waals surface area contributed by atoms with E-state index in [2.05, 4.69) is 34.3 Å². The van der Waals surface area contributed by atoms with Gasteiger partial charge in [-0.15, -0.1) is 0 Å². The van der Waals surface area contributed by atoms with Crippen LogP contribution in [-0.4, -0.2) is 22.4 Å². The number of rotatable bonds is 3. The molecule has 5 heteroatoms. The Balaban J connectivity index is 1.50. The number of hydrogen-bond donors (Lipinski definition) is 2. The fourth-order valence-corrected chi connectivity index (χ4v) is 4.51. The van der Waals surface area contributed by atoms with E-state index in [1.807, 2.05) is 30.3 Å². The highest BCUT2D eigenvalue weighted by Gasteiger charge is 2.20. The third kappa shape index (κ3) is 4.14. The van der Waals surface area contributed by atoms with Crippen molar-refractivity contribution in [2.75, 3.05) is 5.32 Å². The lowest BCUT2D eigenvalue weighted by Crippen LogP contribution is -2.42. The second kappa shape index (κ2) is 8.68. The predicted molar refractivity (Wildman–Crippen MR) is 118 cm³/mol. The summed E-state index contributed by atoms with van der Waals surface area (Å²) in [5.74, 6) is -1.13. The maximum atomic E-state index is 12.5. The summed E-state index contributed by atoms with van der Waals surface area (Å²) in [6.07, 6.45) is 7.85. The van der Waals surface area contributed by atoms with Gasteiger partial charge >= 0.3 is 11.8 Å². The SMILES string of the molecule is CCn1c2ccccc2c2cc(NC(=O)C(=O)NC3CCCCCCC3)ccc21. The van der Waals surface area contributed by atoms with E-state index < -0.39 is 11.8 Å². The van der Waals surface area contributed by atoms with E-state index in [9.17, 15) is 9.59 Å². The third-order valence-electron chi connectivity index (χ3n) is 5.99. The zero-order valence-electron chi connectivity index (χ0n) is 17.0. The zero-order valence-corrected chi connectivity index (χ0v) is 17.0. The first kappa shape index (κ1) is 19.5. The summed E-state index contributed by atoms with van der Waals surface area (Å²) in [5.41, 5.74) is 2.95. The minimum absolute atomic E-state index is 0.110. The second-order valence-corrected chi connectivity index (χ2v) is 7.96. The molecule has 4 rings (SSSR count). The summed E-state index contributed by atoms with van der Waals surface area (Å²) in [7, 11) is 0. The quantitative estimate of drug-likeness (QED) is 0.618. The van der Waals surface area contributed by atoms with Crippen LogP contribution in [-0.2, 0) is 16.1 Å². The van der Waals surface area contributed by atoms with Gasteiger partial charge in [0.1, 0.15) is 0 Å². The van der Waals surface area contributed by atoms with Gasteiger partial charge in [-0.3, -0.25) is 9.59 Å². The second-order valence-electron chi connectivity index (χ2n) is 7.96. The Morgan fingerprint density at radius 1 is 0.897 bits per heavy atom. The van der Waals surface area contributed by atoms with Crippen LogP contribution in [0.1, 0.15) is 51.9 Å². The number of aromatic nitrogens is 1. The van der Waals surface area contributed by atoms with Crippen molar-refractivity contribution in [3.8, 4) is 0 Å². The normalized spacial score (nSPS) is 15.8. The summed E-state index contributed by atoms with van der Waals surface area (Å²) >= 11 is 0. The monoisotopic (exact) mass is 391 g/mol. The molecule has 0 spiro atoms. The number of carbonyl (C=O) groups excluding carboxylic acids is 2. The molecule has 152 valence electrons. The molecule has 0 radical (unpaired) electrons. The fourth-order valence-electron chi connectivity index (χ4n) is 4.51. The molecule has 2 aromatic carbocycles. The van der Waals surface area contributed by atoms with Crippen LogP contribution in [0.15, 0.2) is 42.5 Å². The van der Waals surface area contributed by atoms with Crippen LogP contribution in [0.5, 0.6) is 0 Å². The standard InChI is InChI=1S/C24H29N3O2/c1-2-27-21-13-9-8-12-19(21)20-16-18(14-15-22(20)27)26-24(29)23(28)25-17-10-6-4-3-5-7-11-17/h8-9,12-17H,2-7,10-11H2,1H3,(H,25,28)(H,26,29). The molecule has 1 heterocycles. The first-order valence-electron chi connectivity index (χ1n) is 10.8. The van der Waals surface area contributed by atoms with Gasteiger partial charge in [-0.25, -0.2) is 0 Å². The molecule has 0 bridgehead atoms. The van der Waals surface area contributed by atoms with Crippen molar-refractivity contribution in [3.05, 3.63) is 42.5 Å². The van der Waals surface area contributed by atoms with Gasteiger partial charge in [0.2, 0.25) is 0 Å². The Kier molecular flexibility index (Phi) is 5.84. The van der Waals surface area contributed by atoms with Gasteiger partial charge in [-0.05, 0) is 44.0 Å². The Bertz CT molecular complexity index is 1030. The maximum Gasteiger partial charge on any atom is 0.313 e. The average Bonchev–Trinajstić information content (AvgIpc) is 3.03. The Labute approximate surface area is 171 Å². The Morgan fingerprint density at radius 2 is 1.59 bits per heavy atom. The van der Waals surface area contributed by atoms with E-state index in [1.165, 1.54) is 24.8 Å². The molecule has 3 aromatic rings. The van der Waals surface area contributed by atoms with Gasteiger partial charge in [-0.2, -0.15) is 0 Å². The minimum atomic E-state index is -0.592. The van der Waals surface area contributed by atoms with Crippen LogP contribution in [0.4, 0.5) is 5.69 Å². The fraction of sp³-hybridized carbons (Fsp3) is 0.417. The van der Waals surface area contributed by atoms with Crippen LogP contribution in [0.3, 0.4) is 0 Å². The number of para-hydroxylation sites is 1. The van der Waals surface area contributed by atoms with Crippen molar-refractivity contribution in [2.24, 2.45) is 0 Å². The molecule has 0 aliphatic heterocycles. The van der Waals surface area contributed by atoms with Crippen LogP contribution in [0.25, 0.3) is 21.8 Å². The van der Waals surface area contributed by atoms with E-state index >= 15 is 0 Å². The van der Waals surface area contributed by atoms with E-state index in [0.717, 1.165) is 48.5 Å². The largest absolute Gasteiger partial charge is 0.345 e. The Hall–Kier alpha value is -2.82. The van der Waals surface area contributed by atoms with Crippen molar-refractivity contribution in [3.63, 3.8) is 0 Å². The van der Waals surface area contributed by atoms with E-state index in [0.29, 0.717) is 5.69 Å². The number of nitrogens with zero attached hydrogens (tertiary/aromatic N) is 1. The highest BCUT2D eigenvalue weighted by atomic mass is 16.2. The van der Waals surface area contributed by atoms with Crippen LogP contribution in [0, 0.1) is 0 Å². The number of amides is 2. The lowest BCUT2D eigenvalue weighted by atomic mass is 9.97. The molecule has 5 nitrogen and oxygen atoms in total. The third-order valence-corrected chi connectivity index (χ3v) is 5.99. The van der Waals surface area contributed by atoms with Gasteiger partial charge < -0.3 is 15.2 Å². The van der Waals surface area contributed by atoms with Crippen molar-refractivity contribution in [2.45, 2.75) is 64.5 Å². The number of nitrogens with one attached hydrogen (secondary N) is 2. The smallest absolute Gasteiger partial charge is 0.313 e. The van der Waals surface area contributed by atoms with E-state index in [1.54, 1.807) is 0 Å². The molecule has 1 aliphatic carbocycles. The summed E-state index contributed by atoms with van der Waals surface area (Å²) in [5, 5.41) is 7.95. The first-order chi connectivity index (χ1) is 14.2. The summed E-state index contributed by atoms with van der Waals surface area (Å²) in [6, 6.07) is 14.2. The van der Waals surface area contributed by atoms with Gasteiger partial charge in [0, 0.05) is 40.1 Å². The highest BCUT2D eigenvalue weighted by Crippen LogP contribution is 2.31. The molecule has 2 N–H and O–H groups in total. The molecule has 29 heavy (non-hydrogen) atoms. The number of benzene rings is 2. The van der Waals surface area contributed by atoms with Crippen molar-refractivity contribution in [1.82, 2.24) is 9.88 Å². The van der Waals surface area contributed by atoms with Gasteiger partial charge in [0.05, 0.1) is 0 Å². The molecule has 1 saturated carbocycles. The molecule has 1 fully saturated rings. The topological polar surface area (TPSA) is 63.1 Å². The van der Waals surface area contributed by atoms with E-state index in [4.69, 9.17) is 0 Å². The lowest BCUT2D eigenvalue weighted by molar-refractivity contribution is -0.136. The predicted octanol–water partition coefficient (Wildman–Crippen LogP) is 4.98. The molecule has 1 aliphatic rings. The van der Waals surface area contributed by atoms with Gasteiger partial charge in [0.15, 0.2) is 0 Å². The molecule has 0 atom stereocenters. The van der Waals surface area contributed by atoms with Gasteiger partial charge in [0.25, 0.3) is 0 Å². The van der Waals surface area contributed by atoms with Crippen LogP contribution in [0.2, 0.25) is 0 Å². The number of aryl methyl sites for hydroxylation is 1. The molecule has 2 amide bonds. The first-order valence-corrected chi connectivity index (χ1v) is 10.8. The molecule has 0 saturated heterocycles. The lowest BCUT2D eigenvalue weighted by Gasteiger charge is -2.20. The Morgan fingerprint density at radius 3 is 2.34 bits per heavy atom. The van der Waals surface area contributed by atoms with Crippen LogP contribution >= 0.6 is 0 Å². The van der Waals surface area contributed by atoms with E-state index in [-0.39, 0.29) is 6.04 Å². The molecule has 1 aromatic heterocycles. The van der Waals surface area contributed by atoms with Crippen molar-refractivity contribution >= 4 is 39.3 Å². The molecule has 0 unspecified atom stereocenters. The number of hydrogen-bond acceptors (Lipinski definition) is 2. The van der Waals surface area contributed by atoms with Crippen molar-refractivity contribution < 1.29 is 9.59 Å². The maximum absolute atomic E-state index is 12.5. The number of carbonyl (C=O) groups is 2. The summed E-state index contributed by atoms with van der Waals surface area (Å²) < 4.78 is 2.26. The van der Waals surface area contributed by atoms with Gasteiger partial charge in [-0.1, -0.05) is 50.3 Å².